The predicted molar refractivity (Wildman–Crippen MR) is 41.7 cm³/mol. The SMILES string of the molecule is O=C(O)C1(F)OC1c1ccccc1. The number of aliphatic carboxylic acids is 1. The standard InChI is InChI=1S/C9H7FO3/c10-9(8(11)12)7(13-9)6-4-2-1-3-5-6/h1-5,7H,(H,11,12). The van der Waals surface area contributed by atoms with Gasteiger partial charge in [0.2, 0.25) is 0 Å². The molecule has 1 saturated heterocycles. The highest BCUT2D eigenvalue weighted by Crippen LogP contribution is 2.50. The van der Waals surface area contributed by atoms with Crippen LogP contribution in [0, 0.1) is 0 Å². The topological polar surface area (TPSA) is 49.8 Å². The number of hydrogen-bond acceptors (Lipinski definition) is 2. The predicted octanol–water partition coefficient (Wildman–Crippen LogP) is 1.51. The first-order valence-corrected chi connectivity index (χ1v) is 3.79. The molecule has 0 aromatic heterocycles. The van der Waals surface area contributed by atoms with Crippen LogP contribution in [-0.2, 0) is 9.53 Å². The number of carboxylic acid groups (broad SMARTS) is 1. The third kappa shape index (κ3) is 1.19. The van der Waals surface area contributed by atoms with E-state index in [1.807, 2.05) is 0 Å². The molecule has 1 aliphatic heterocycles. The van der Waals surface area contributed by atoms with Gasteiger partial charge in [0.1, 0.15) is 0 Å². The van der Waals surface area contributed by atoms with E-state index in [0.29, 0.717) is 5.56 Å². The number of alkyl halides is 1. The Hall–Kier alpha value is -1.42. The van der Waals surface area contributed by atoms with E-state index >= 15 is 0 Å². The van der Waals surface area contributed by atoms with Crippen molar-refractivity contribution in [2.45, 2.75) is 12.0 Å². The van der Waals surface area contributed by atoms with Gasteiger partial charge in [0, 0.05) is 0 Å². The average Bonchev–Trinajstić information content (AvgIpc) is 2.81. The number of ether oxygens (including phenoxy) is 1. The van der Waals surface area contributed by atoms with Crippen LogP contribution in [0.3, 0.4) is 0 Å². The van der Waals surface area contributed by atoms with Gasteiger partial charge in [-0.3, -0.25) is 0 Å². The molecular weight excluding hydrogens is 175 g/mol. The van der Waals surface area contributed by atoms with Crippen molar-refractivity contribution in [2.24, 2.45) is 0 Å². The van der Waals surface area contributed by atoms with Crippen LogP contribution in [0.25, 0.3) is 0 Å². The van der Waals surface area contributed by atoms with E-state index in [9.17, 15) is 9.18 Å². The van der Waals surface area contributed by atoms with E-state index in [-0.39, 0.29) is 0 Å². The van der Waals surface area contributed by atoms with Gasteiger partial charge in [-0.05, 0) is 5.56 Å². The zero-order valence-corrected chi connectivity index (χ0v) is 6.61. The summed E-state index contributed by atoms with van der Waals surface area (Å²) < 4.78 is 17.6. The maximum Gasteiger partial charge on any atom is 0.372 e. The zero-order valence-electron chi connectivity index (χ0n) is 6.61. The van der Waals surface area contributed by atoms with E-state index in [0.717, 1.165) is 0 Å². The molecule has 2 unspecified atom stereocenters. The second-order valence-electron chi connectivity index (χ2n) is 2.86. The molecule has 1 heterocycles. The van der Waals surface area contributed by atoms with Gasteiger partial charge in [0.25, 0.3) is 0 Å². The van der Waals surface area contributed by atoms with Crippen LogP contribution >= 0.6 is 0 Å². The Morgan fingerprint density at radius 2 is 2.08 bits per heavy atom. The van der Waals surface area contributed by atoms with Crippen molar-refractivity contribution >= 4 is 5.97 Å². The number of rotatable bonds is 2. The van der Waals surface area contributed by atoms with Gasteiger partial charge in [-0.1, -0.05) is 30.3 Å². The molecule has 68 valence electrons. The van der Waals surface area contributed by atoms with Gasteiger partial charge >= 0.3 is 11.8 Å². The van der Waals surface area contributed by atoms with Crippen LogP contribution in [0.4, 0.5) is 4.39 Å². The first-order chi connectivity index (χ1) is 6.14. The maximum atomic E-state index is 13.2. The number of halogens is 1. The summed E-state index contributed by atoms with van der Waals surface area (Å²) in [4.78, 5) is 10.4. The molecule has 0 spiro atoms. The first kappa shape index (κ1) is 8.19. The Labute approximate surface area is 73.8 Å². The molecule has 0 aliphatic carbocycles. The highest BCUT2D eigenvalue weighted by molar-refractivity contribution is 5.79. The van der Waals surface area contributed by atoms with Crippen molar-refractivity contribution in [3.63, 3.8) is 0 Å². The molecule has 0 bridgehead atoms. The second-order valence-corrected chi connectivity index (χ2v) is 2.86. The summed E-state index contributed by atoms with van der Waals surface area (Å²) in [6.07, 6.45) is -0.953. The molecule has 3 nitrogen and oxygen atoms in total. The van der Waals surface area contributed by atoms with Gasteiger partial charge in [-0.25, -0.2) is 4.79 Å². The molecule has 0 radical (unpaired) electrons. The summed E-state index contributed by atoms with van der Waals surface area (Å²) in [5.74, 6) is -4.08. The summed E-state index contributed by atoms with van der Waals surface area (Å²) in [6.45, 7) is 0. The molecule has 0 saturated carbocycles. The lowest BCUT2D eigenvalue weighted by molar-refractivity contribution is -0.150. The monoisotopic (exact) mass is 182 g/mol. The molecule has 1 N–H and O–H groups in total. The van der Waals surface area contributed by atoms with Crippen LogP contribution in [-0.4, -0.2) is 16.9 Å². The average molecular weight is 182 g/mol. The number of benzene rings is 1. The van der Waals surface area contributed by atoms with E-state index in [4.69, 9.17) is 5.11 Å². The molecule has 2 rings (SSSR count). The Morgan fingerprint density at radius 3 is 2.54 bits per heavy atom. The lowest BCUT2D eigenvalue weighted by Crippen LogP contribution is -2.18. The second kappa shape index (κ2) is 2.53. The van der Waals surface area contributed by atoms with E-state index in [1.165, 1.54) is 0 Å². The molecular formula is C9H7FO3. The van der Waals surface area contributed by atoms with Gasteiger partial charge in [0.15, 0.2) is 6.10 Å². The third-order valence-electron chi connectivity index (χ3n) is 1.96. The van der Waals surface area contributed by atoms with Gasteiger partial charge in [-0.15, -0.1) is 0 Å². The van der Waals surface area contributed by atoms with Crippen LogP contribution in [0.15, 0.2) is 30.3 Å². The molecule has 1 aromatic carbocycles. The minimum atomic E-state index is -2.51. The van der Waals surface area contributed by atoms with Crippen LogP contribution in [0.2, 0.25) is 0 Å². The van der Waals surface area contributed by atoms with Crippen molar-refractivity contribution in [3.8, 4) is 0 Å². The third-order valence-corrected chi connectivity index (χ3v) is 1.96. The molecule has 1 fully saturated rings. The molecule has 4 heteroatoms. The van der Waals surface area contributed by atoms with E-state index in [2.05, 4.69) is 4.74 Å². The molecule has 13 heavy (non-hydrogen) atoms. The summed E-state index contributed by atoms with van der Waals surface area (Å²) >= 11 is 0. The first-order valence-electron chi connectivity index (χ1n) is 3.79. The Kier molecular flexibility index (Phi) is 1.60. The number of epoxide rings is 1. The van der Waals surface area contributed by atoms with Crippen molar-refractivity contribution in [2.75, 3.05) is 0 Å². The number of hydrogen-bond donors (Lipinski definition) is 1. The van der Waals surface area contributed by atoms with E-state index in [1.54, 1.807) is 30.3 Å². The van der Waals surface area contributed by atoms with E-state index < -0.39 is 17.9 Å². The van der Waals surface area contributed by atoms with Gasteiger partial charge in [-0.2, -0.15) is 4.39 Å². The largest absolute Gasteiger partial charge is 0.477 e. The van der Waals surface area contributed by atoms with Crippen LogP contribution in [0.1, 0.15) is 11.7 Å². The van der Waals surface area contributed by atoms with Gasteiger partial charge < -0.3 is 9.84 Å². The van der Waals surface area contributed by atoms with Crippen molar-refractivity contribution in [1.29, 1.82) is 0 Å². The maximum absolute atomic E-state index is 13.2. The molecule has 1 aromatic rings. The fourth-order valence-electron chi connectivity index (χ4n) is 1.21. The minimum Gasteiger partial charge on any atom is -0.477 e. The normalized spacial score (nSPS) is 31.3. The number of carboxylic acids is 1. The van der Waals surface area contributed by atoms with Crippen molar-refractivity contribution in [1.82, 2.24) is 0 Å². The summed E-state index contributed by atoms with van der Waals surface area (Å²) in [5.41, 5.74) is 0.549. The lowest BCUT2D eigenvalue weighted by atomic mass is 10.1. The lowest BCUT2D eigenvalue weighted by Gasteiger charge is -1.95. The number of carbonyl (C=O) groups is 1. The van der Waals surface area contributed by atoms with Crippen LogP contribution < -0.4 is 0 Å². The summed E-state index contributed by atoms with van der Waals surface area (Å²) in [5, 5.41) is 8.44. The smallest absolute Gasteiger partial charge is 0.372 e. The zero-order chi connectivity index (χ0) is 9.47. The molecule has 0 amide bonds. The Morgan fingerprint density at radius 1 is 1.46 bits per heavy atom. The summed E-state index contributed by atoms with van der Waals surface area (Å²) in [6, 6.07) is 8.45. The Bertz CT molecular complexity index is 338. The van der Waals surface area contributed by atoms with Crippen LogP contribution in [0.5, 0.6) is 0 Å². The minimum absolute atomic E-state index is 0.549. The van der Waals surface area contributed by atoms with Crippen molar-refractivity contribution in [3.05, 3.63) is 35.9 Å². The van der Waals surface area contributed by atoms with Crippen molar-refractivity contribution < 1.29 is 19.0 Å². The van der Waals surface area contributed by atoms with Gasteiger partial charge in [0.05, 0.1) is 0 Å². The molecule has 1 aliphatic rings. The fraction of sp³-hybridized carbons (Fsp3) is 0.222. The highest BCUT2D eigenvalue weighted by Gasteiger charge is 2.65. The highest BCUT2D eigenvalue weighted by atomic mass is 19.2. The quantitative estimate of drug-likeness (QED) is 0.705. The fourth-order valence-corrected chi connectivity index (χ4v) is 1.21. The molecule has 2 atom stereocenters. The Balaban J connectivity index is 2.21. The summed E-state index contributed by atoms with van der Waals surface area (Å²) in [7, 11) is 0.